The number of amides is 1. The normalized spacial score (nSPS) is 12.5. The smallest absolute Gasteiger partial charge is 0.246 e. The van der Waals surface area contributed by atoms with Crippen molar-refractivity contribution in [1.82, 2.24) is 9.88 Å². The Kier molecular flexibility index (Phi) is 5.87. The number of aromatic nitrogens is 1. The van der Waals surface area contributed by atoms with Crippen molar-refractivity contribution in [2.45, 2.75) is 26.8 Å². The lowest BCUT2D eigenvalue weighted by Gasteiger charge is -2.23. The van der Waals surface area contributed by atoms with Gasteiger partial charge in [-0.05, 0) is 45.0 Å². The molecule has 1 amide bonds. The second kappa shape index (κ2) is 8.15. The van der Waals surface area contributed by atoms with E-state index in [9.17, 15) is 9.18 Å². The number of nitrogens with zero attached hydrogens (tertiary/aromatic N) is 2. The number of hydrogen-bond acceptors (Lipinski definition) is 4. The van der Waals surface area contributed by atoms with Crippen LogP contribution < -0.4 is 0 Å². The van der Waals surface area contributed by atoms with Crippen LogP contribution in [0, 0.1) is 19.7 Å². The zero-order valence-corrected chi connectivity index (χ0v) is 17.3. The number of rotatable bonds is 5. The van der Waals surface area contributed by atoms with E-state index in [4.69, 9.17) is 0 Å². The van der Waals surface area contributed by atoms with E-state index in [1.54, 1.807) is 47.6 Å². The zero-order chi connectivity index (χ0) is 19.6. The Balaban J connectivity index is 1.71. The average Bonchev–Trinajstić information content (AvgIpc) is 3.24. The summed E-state index contributed by atoms with van der Waals surface area (Å²) >= 11 is 3.08. The first-order valence-corrected chi connectivity index (χ1v) is 10.2. The molecule has 2 aromatic heterocycles. The molecule has 3 nitrogen and oxygen atoms in total. The van der Waals surface area contributed by atoms with Gasteiger partial charge in [-0.25, -0.2) is 9.37 Å². The molecule has 0 radical (unpaired) electrons. The van der Waals surface area contributed by atoms with Crippen molar-refractivity contribution in [3.63, 3.8) is 0 Å². The number of carbonyl (C=O) groups is 1. The number of thiophene rings is 1. The van der Waals surface area contributed by atoms with Crippen LogP contribution in [0.15, 0.2) is 42.5 Å². The summed E-state index contributed by atoms with van der Waals surface area (Å²) in [5.41, 5.74) is 1.55. The molecule has 140 valence electrons. The average molecular weight is 401 g/mol. The second-order valence-electron chi connectivity index (χ2n) is 6.32. The van der Waals surface area contributed by atoms with Gasteiger partial charge in [-0.3, -0.25) is 4.79 Å². The standard InChI is InChI=1S/C21H21FN2OS2/c1-13-21(26-15(3)23-13)14(2)24(4)20(25)12-10-16-9-11-19(27-16)17-7-5-6-8-18(17)22/h5-12,14H,1-4H3/b12-10+. The van der Waals surface area contributed by atoms with Crippen LogP contribution in [0.4, 0.5) is 4.39 Å². The van der Waals surface area contributed by atoms with Crippen LogP contribution in [0.3, 0.4) is 0 Å². The van der Waals surface area contributed by atoms with Crippen molar-refractivity contribution in [1.29, 1.82) is 0 Å². The highest BCUT2D eigenvalue weighted by atomic mass is 32.1. The van der Waals surface area contributed by atoms with Gasteiger partial charge < -0.3 is 4.90 Å². The molecule has 0 aliphatic carbocycles. The highest BCUT2D eigenvalue weighted by Crippen LogP contribution is 2.31. The first-order valence-electron chi connectivity index (χ1n) is 8.60. The molecule has 0 fully saturated rings. The van der Waals surface area contributed by atoms with Gasteiger partial charge >= 0.3 is 0 Å². The summed E-state index contributed by atoms with van der Waals surface area (Å²) in [7, 11) is 1.80. The molecule has 6 heteroatoms. The summed E-state index contributed by atoms with van der Waals surface area (Å²) in [6.45, 7) is 5.95. The van der Waals surface area contributed by atoms with E-state index in [0.29, 0.717) is 5.56 Å². The fourth-order valence-electron chi connectivity index (χ4n) is 2.82. The third-order valence-corrected chi connectivity index (χ3v) is 6.73. The van der Waals surface area contributed by atoms with Crippen molar-refractivity contribution in [3.8, 4) is 10.4 Å². The maximum atomic E-state index is 13.9. The highest BCUT2D eigenvalue weighted by molar-refractivity contribution is 7.16. The predicted molar refractivity (Wildman–Crippen MR) is 112 cm³/mol. The molecule has 1 aromatic carbocycles. The van der Waals surface area contributed by atoms with Crippen LogP contribution >= 0.6 is 22.7 Å². The maximum Gasteiger partial charge on any atom is 0.246 e. The largest absolute Gasteiger partial charge is 0.335 e. The number of aryl methyl sites for hydroxylation is 2. The van der Waals surface area contributed by atoms with Gasteiger partial charge in [-0.2, -0.15) is 0 Å². The molecule has 1 atom stereocenters. The molecule has 3 aromatic rings. The van der Waals surface area contributed by atoms with Crippen molar-refractivity contribution in [3.05, 3.63) is 68.7 Å². The third-order valence-electron chi connectivity index (χ3n) is 4.40. The highest BCUT2D eigenvalue weighted by Gasteiger charge is 2.20. The quantitative estimate of drug-likeness (QED) is 0.503. The van der Waals surface area contributed by atoms with E-state index in [1.165, 1.54) is 17.4 Å². The summed E-state index contributed by atoms with van der Waals surface area (Å²) < 4.78 is 13.9. The predicted octanol–water partition coefficient (Wildman–Crippen LogP) is 5.86. The summed E-state index contributed by atoms with van der Waals surface area (Å²) in [5.74, 6) is -0.316. The Morgan fingerprint density at radius 2 is 1.93 bits per heavy atom. The van der Waals surface area contributed by atoms with Gasteiger partial charge in [0.05, 0.1) is 16.7 Å². The van der Waals surface area contributed by atoms with E-state index < -0.39 is 0 Å². The second-order valence-corrected chi connectivity index (χ2v) is 8.67. The van der Waals surface area contributed by atoms with Crippen LogP contribution in [-0.2, 0) is 4.79 Å². The SMILES string of the molecule is Cc1nc(C)c(C(C)N(C)C(=O)/C=C/c2ccc(-c3ccccc3F)s2)s1. The molecule has 2 heterocycles. The van der Waals surface area contributed by atoms with E-state index in [-0.39, 0.29) is 17.8 Å². The molecular weight excluding hydrogens is 379 g/mol. The monoisotopic (exact) mass is 400 g/mol. The first-order chi connectivity index (χ1) is 12.9. The number of benzene rings is 1. The van der Waals surface area contributed by atoms with Crippen LogP contribution in [0.5, 0.6) is 0 Å². The van der Waals surface area contributed by atoms with Crippen molar-refractivity contribution in [2.75, 3.05) is 7.05 Å². The minimum absolute atomic E-state index is 0.0364. The van der Waals surface area contributed by atoms with Crippen molar-refractivity contribution >= 4 is 34.7 Å². The van der Waals surface area contributed by atoms with Crippen molar-refractivity contribution < 1.29 is 9.18 Å². The fraction of sp³-hybridized carbons (Fsp3) is 0.238. The molecule has 0 saturated carbocycles. The molecule has 0 bridgehead atoms. The van der Waals surface area contributed by atoms with Gasteiger partial charge in [0.25, 0.3) is 0 Å². The van der Waals surface area contributed by atoms with Crippen LogP contribution in [-0.4, -0.2) is 22.8 Å². The summed E-state index contributed by atoms with van der Waals surface area (Å²) in [5, 5.41) is 1.00. The lowest BCUT2D eigenvalue weighted by Crippen LogP contribution is -2.27. The third kappa shape index (κ3) is 4.34. The van der Waals surface area contributed by atoms with Crippen LogP contribution in [0.1, 0.15) is 33.4 Å². The van der Waals surface area contributed by atoms with Crippen LogP contribution in [0.2, 0.25) is 0 Å². The zero-order valence-electron chi connectivity index (χ0n) is 15.7. The topological polar surface area (TPSA) is 33.2 Å². The molecular formula is C21H21FN2OS2. The van der Waals surface area contributed by atoms with E-state index in [2.05, 4.69) is 4.98 Å². The Labute approximate surface area is 166 Å². The summed E-state index contributed by atoms with van der Waals surface area (Å²) in [6.07, 6.45) is 3.35. The van der Waals surface area contributed by atoms with Crippen LogP contribution in [0.25, 0.3) is 16.5 Å². The lowest BCUT2D eigenvalue weighted by atomic mass is 10.2. The van der Waals surface area contributed by atoms with Gasteiger partial charge in [0.1, 0.15) is 5.82 Å². The Hall–Kier alpha value is -2.31. The molecule has 0 aliphatic heterocycles. The summed E-state index contributed by atoms with van der Waals surface area (Å²) in [4.78, 5) is 21.6. The van der Waals surface area contributed by atoms with Gasteiger partial charge in [0, 0.05) is 33.3 Å². The minimum atomic E-state index is -0.241. The molecule has 0 N–H and O–H groups in total. The Morgan fingerprint density at radius 1 is 1.19 bits per heavy atom. The number of hydrogen-bond donors (Lipinski definition) is 0. The lowest BCUT2D eigenvalue weighted by molar-refractivity contribution is -0.126. The molecule has 0 saturated heterocycles. The maximum absolute atomic E-state index is 13.9. The number of thiazole rings is 1. The molecule has 3 rings (SSSR count). The van der Waals surface area contributed by atoms with E-state index in [0.717, 1.165) is 25.3 Å². The Bertz CT molecular complexity index is 990. The molecule has 0 spiro atoms. The molecule has 1 unspecified atom stereocenters. The number of carbonyl (C=O) groups excluding carboxylic acids is 1. The minimum Gasteiger partial charge on any atom is -0.335 e. The number of likely N-dealkylation sites (N-methyl/N-ethyl adjacent to an activating group) is 1. The molecule has 27 heavy (non-hydrogen) atoms. The van der Waals surface area contributed by atoms with E-state index in [1.807, 2.05) is 39.0 Å². The van der Waals surface area contributed by atoms with Gasteiger partial charge in [-0.15, -0.1) is 22.7 Å². The Morgan fingerprint density at radius 3 is 2.59 bits per heavy atom. The summed E-state index contributed by atoms with van der Waals surface area (Å²) in [6, 6.07) is 10.4. The molecule has 0 aliphatic rings. The van der Waals surface area contributed by atoms with Gasteiger partial charge in [-0.1, -0.05) is 18.2 Å². The van der Waals surface area contributed by atoms with E-state index >= 15 is 0 Å². The van der Waals surface area contributed by atoms with Gasteiger partial charge in [0.15, 0.2) is 0 Å². The fourth-order valence-corrected chi connectivity index (χ4v) is 4.78. The van der Waals surface area contributed by atoms with Gasteiger partial charge in [0.2, 0.25) is 5.91 Å². The first kappa shape index (κ1) is 19.5. The van der Waals surface area contributed by atoms with Crippen molar-refractivity contribution in [2.24, 2.45) is 0 Å². The number of halogens is 1.